The number of nitrogens with one attached hydrogen (secondary N) is 2. The minimum atomic E-state index is 0.241. The zero-order valence-corrected chi connectivity index (χ0v) is 13.2. The SMILES string of the molecule is CCCOCCNc1cccc(O)c1NCCOCCC. The normalized spacial score (nSPS) is 10.6. The first-order chi connectivity index (χ1) is 10.3. The summed E-state index contributed by atoms with van der Waals surface area (Å²) >= 11 is 0. The molecule has 0 aliphatic rings. The quantitative estimate of drug-likeness (QED) is 0.409. The highest BCUT2D eigenvalue weighted by atomic mass is 16.5. The summed E-state index contributed by atoms with van der Waals surface area (Å²) in [5.41, 5.74) is 1.60. The third kappa shape index (κ3) is 7.20. The fourth-order valence-corrected chi connectivity index (χ4v) is 1.87. The van der Waals surface area contributed by atoms with Gasteiger partial charge >= 0.3 is 0 Å². The maximum atomic E-state index is 9.96. The second-order valence-electron chi connectivity index (χ2n) is 4.78. The van der Waals surface area contributed by atoms with E-state index >= 15 is 0 Å². The van der Waals surface area contributed by atoms with Crippen molar-refractivity contribution in [1.29, 1.82) is 0 Å². The van der Waals surface area contributed by atoms with E-state index in [1.807, 2.05) is 12.1 Å². The summed E-state index contributed by atoms with van der Waals surface area (Å²) in [5.74, 6) is 0.241. The number of phenols is 1. The third-order valence-electron chi connectivity index (χ3n) is 2.85. The molecule has 21 heavy (non-hydrogen) atoms. The van der Waals surface area contributed by atoms with Crippen LogP contribution in [0.15, 0.2) is 18.2 Å². The number of aromatic hydroxyl groups is 1. The summed E-state index contributed by atoms with van der Waals surface area (Å²) in [7, 11) is 0. The fraction of sp³-hybridized carbons (Fsp3) is 0.625. The highest BCUT2D eigenvalue weighted by Gasteiger charge is 2.06. The molecule has 5 heteroatoms. The summed E-state index contributed by atoms with van der Waals surface area (Å²) in [4.78, 5) is 0. The van der Waals surface area contributed by atoms with Crippen molar-refractivity contribution in [2.45, 2.75) is 26.7 Å². The molecule has 5 nitrogen and oxygen atoms in total. The number of rotatable bonds is 12. The number of hydrogen-bond donors (Lipinski definition) is 3. The summed E-state index contributed by atoms with van der Waals surface area (Å²) in [6.07, 6.45) is 2.04. The van der Waals surface area contributed by atoms with Crippen LogP contribution in [-0.4, -0.2) is 44.6 Å². The summed E-state index contributed by atoms with van der Waals surface area (Å²) in [6.45, 7) is 8.38. The van der Waals surface area contributed by atoms with Gasteiger partial charge in [0.25, 0.3) is 0 Å². The first-order valence-electron chi connectivity index (χ1n) is 7.74. The van der Waals surface area contributed by atoms with Crippen LogP contribution in [0.25, 0.3) is 0 Å². The van der Waals surface area contributed by atoms with Crippen LogP contribution in [0, 0.1) is 0 Å². The van der Waals surface area contributed by atoms with Gasteiger partial charge in [-0.15, -0.1) is 0 Å². The van der Waals surface area contributed by atoms with Crippen molar-refractivity contribution in [3.8, 4) is 5.75 Å². The predicted octanol–water partition coefficient (Wildman–Crippen LogP) is 3.07. The Morgan fingerprint density at radius 3 is 2.14 bits per heavy atom. The fourth-order valence-electron chi connectivity index (χ4n) is 1.87. The van der Waals surface area contributed by atoms with Crippen molar-refractivity contribution in [2.75, 3.05) is 50.2 Å². The smallest absolute Gasteiger partial charge is 0.140 e. The Labute approximate surface area is 127 Å². The summed E-state index contributed by atoms with van der Waals surface area (Å²) in [5, 5.41) is 16.5. The first kappa shape index (κ1) is 17.6. The topological polar surface area (TPSA) is 62.8 Å². The Hall–Kier alpha value is -1.46. The van der Waals surface area contributed by atoms with Gasteiger partial charge < -0.3 is 25.2 Å². The van der Waals surface area contributed by atoms with E-state index in [-0.39, 0.29) is 5.75 Å². The van der Waals surface area contributed by atoms with E-state index in [1.165, 1.54) is 0 Å². The highest BCUT2D eigenvalue weighted by molar-refractivity contribution is 5.75. The molecule has 0 aromatic heterocycles. The average Bonchev–Trinajstić information content (AvgIpc) is 2.49. The van der Waals surface area contributed by atoms with Crippen LogP contribution in [0.4, 0.5) is 11.4 Å². The zero-order chi connectivity index (χ0) is 15.3. The van der Waals surface area contributed by atoms with Crippen molar-refractivity contribution < 1.29 is 14.6 Å². The van der Waals surface area contributed by atoms with E-state index in [0.29, 0.717) is 32.0 Å². The highest BCUT2D eigenvalue weighted by Crippen LogP contribution is 2.31. The molecule has 0 aliphatic heterocycles. The Morgan fingerprint density at radius 2 is 1.52 bits per heavy atom. The standard InChI is InChI=1S/C16H28N2O3/c1-3-10-20-12-8-17-14-6-5-7-15(19)16(14)18-9-13-21-11-4-2/h5-7,17-19H,3-4,8-13H2,1-2H3. The minimum Gasteiger partial charge on any atom is -0.506 e. The number of hydrogen-bond acceptors (Lipinski definition) is 5. The van der Waals surface area contributed by atoms with Gasteiger partial charge in [0.2, 0.25) is 0 Å². The molecule has 1 aromatic rings. The third-order valence-corrected chi connectivity index (χ3v) is 2.85. The zero-order valence-electron chi connectivity index (χ0n) is 13.2. The van der Waals surface area contributed by atoms with E-state index in [0.717, 1.165) is 31.7 Å². The van der Waals surface area contributed by atoms with Crippen molar-refractivity contribution in [1.82, 2.24) is 0 Å². The van der Waals surface area contributed by atoms with Crippen LogP contribution in [0.1, 0.15) is 26.7 Å². The van der Waals surface area contributed by atoms with Gasteiger partial charge in [-0.1, -0.05) is 19.9 Å². The predicted molar refractivity (Wildman–Crippen MR) is 87.3 cm³/mol. The average molecular weight is 296 g/mol. The lowest BCUT2D eigenvalue weighted by Crippen LogP contribution is -2.14. The lowest BCUT2D eigenvalue weighted by Gasteiger charge is -2.15. The van der Waals surface area contributed by atoms with Crippen molar-refractivity contribution in [2.24, 2.45) is 0 Å². The molecule has 1 aromatic carbocycles. The molecule has 120 valence electrons. The molecule has 0 bridgehead atoms. The maximum Gasteiger partial charge on any atom is 0.140 e. The van der Waals surface area contributed by atoms with Gasteiger partial charge in [0.15, 0.2) is 0 Å². The largest absolute Gasteiger partial charge is 0.506 e. The molecule has 0 amide bonds. The van der Waals surface area contributed by atoms with E-state index in [1.54, 1.807) is 6.07 Å². The summed E-state index contributed by atoms with van der Waals surface area (Å²) < 4.78 is 10.9. The van der Waals surface area contributed by atoms with Gasteiger partial charge in [0.1, 0.15) is 11.4 Å². The second-order valence-corrected chi connectivity index (χ2v) is 4.78. The van der Waals surface area contributed by atoms with Crippen LogP contribution in [-0.2, 0) is 9.47 Å². The molecule has 0 saturated heterocycles. The van der Waals surface area contributed by atoms with Gasteiger partial charge in [0, 0.05) is 26.3 Å². The number of anilines is 2. The molecule has 0 radical (unpaired) electrons. The molecule has 1 rings (SSSR count). The molecule has 0 aliphatic carbocycles. The van der Waals surface area contributed by atoms with Gasteiger partial charge in [-0.2, -0.15) is 0 Å². The Morgan fingerprint density at radius 1 is 0.905 bits per heavy atom. The number of ether oxygens (including phenoxy) is 2. The second kappa shape index (κ2) is 11.2. The number of phenolic OH excluding ortho intramolecular Hbond substituents is 1. The lowest BCUT2D eigenvalue weighted by atomic mass is 10.2. The van der Waals surface area contributed by atoms with Gasteiger partial charge in [-0.05, 0) is 25.0 Å². The van der Waals surface area contributed by atoms with Crippen LogP contribution in [0.5, 0.6) is 5.75 Å². The summed E-state index contributed by atoms with van der Waals surface area (Å²) in [6, 6.07) is 5.44. The lowest BCUT2D eigenvalue weighted by molar-refractivity contribution is 0.144. The molecule has 0 atom stereocenters. The van der Waals surface area contributed by atoms with Crippen molar-refractivity contribution >= 4 is 11.4 Å². The van der Waals surface area contributed by atoms with Gasteiger partial charge in [-0.3, -0.25) is 0 Å². The molecule has 3 N–H and O–H groups in total. The van der Waals surface area contributed by atoms with Crippen LogP contribution in [0.2, 0.25) is 0 Å². The number of benzene rings is 1. The first-order valence-corrected chi connectivity index (χ1v) is 7.74. The van der Waals surface area contributed by atoms with Gasteiger partial charge in [-0.25, -0.2) is 0 Å². The van der Waals surface area contributed by atoms with Gasteiger partial charge in [0.05, 0.1) is 18.9 Å². The van der Waals surface area contributed by atoms with E-state index < -0.39 is 0 Å². The molecular formula is C16H28N2O3. The van der Waals surface area contributed by atoms with Crippen molar-refractivity contribution in [3.63, 3.8) is 0 Å². The molecule has 0 spiro atoms. The molecule has 0 unspecified atom stereocenters. The van der Waals surface area contributed by atoms with Crippen molar-refractivity contribution in [3.05, 3.63) is 18.2 Å². The van der Waals surface area contributed by atoms with Crippen LogP contribution in [0.3, 0.4) is 0 Å². The number of para-hydroxylation sites is 1. The Bertz CT molecular complexity index is 386. The van der Waals surface area contributed by atoms with Crippen LogP contribution >= 0.6 is 0 Å². The van der Waals surface area contributed by atoms with E-state index in [2.05, 4.69) is 24.5 Å². The van der Waals surface area contributed by atoms with E-state index in [9.17, 15) is 5.11 Å². The Balaban J connectivity index is 2.41. The molecular weight excluding hydrogens is 268 g/mol. The molecule has 0 saturated carbocycles. The Kier molecular flexibility index (Phi) is 9.40. The van der Waals surface area contributed by atoms with Crippen LogP contribution < -0.4 is 10.6 Å². The monoisotopic (exact) mass is 296 g/mol. The van der Waals surface area contributed by atoms with E-state index in [4.69, 9.17) is 9.47 Å². The maximum absolute atomic E-state index is 9.96. The minimum absolute atomic E-state index is 0.241. The molecule has 0 fully saturated rings. The molecule has 0 heterocycles.